The number of methoxy groups -OCH3 is 5. The Morgan fingerprint density at radius 3 is 2.00 bits per heavy atom. The zero-order chi connectivity index (χ0) is 26.8. The number of benzene rings is 3. The van der Waals surface area contributed by atoms with Crippen LogP contribution in [0, 0.1) is 6.92 Å². The van der Waals surface area contributed by atoms with Gasteiger partial charge in [-0.25, -0.2) is 0 Å². The highest BCUT2D eigenvalue weighted by molar-refractivity contribution is 5.97. The van der Waals surface area contributed by atoms with Gasteiger partial charge in [-0.15, -0.1) is 0 Å². The van der Waals surface area contributed by atoms with Crippen LogP contribution in [0.5, 0.6) is 28.7 Å². The van der Waals surface area contributed by atoms with Gasteiger partial charge in [0, 0.05) is 27.8 Å². The van der Waals surface area contributed by atoms with Gasteiger partial charge in [-0.3, -0.25) is 4.98 Å². The molecule has 0 saturated heterocycles. The van der Waals surface area contributed by atoms with Gasteiger partial charge in [0.25, 0.3) is 0 Å². The zero-order valence-corrected chi connectivity index (χ0v) is 22.2. The van der Waals surface area contributed by atoms with Crippen molar-refractivity contribution in [2.75, 3.05) is 35.5 Å². The predicted molar refractivity (Wildman–Crippen MR) is 148 cm³/mol. The van der Waals surface area contributed by atoms with E-state index < -0.39 is 0 Å². The lowest BCUT2D eigenvalue weighted by atomic mass is 9.96. The molecule has 38 heavy (non-hydrogen) atoms. The van der Waals surface area contributed by atoms with Gasteiger partial charge in [0.2, 0.25) is 5.75 Å². The van der Waals surface area contributed by atoms with Gasteiger partial charge in [-0.2, -0.15) is 0 Å². The molecule has 0 saturated carbocycles. The lowest BCUT2D eigenvalue weighted by Gasteiger charge is -2.18. The minimum atomic E-state index is 0.533. The Morgan fingerprint density at radius 2 is 1.34 bits per heavy atom. The number of ether oxygens (including phenoxy) is 5. The lowest BCUT2D eigenvalue weighted by molar-refractivity contribution is 0.327. The van der Waals surface area contributed by atoms with Crippen LogP contribution in [0.15, 0.2) is 71.5 Å². The monoisotopic (exact) mass is 511 g/mol. The maximum Gasteiger partial charge on any atom is 0.204 e. The van der Waals surface area contributed by atoms with Gasteiger partial charge < -0.3 is 28.1 Å². The minimum absolute atomic E-state index is 0.533. The van der Waals surface area contributed by atoms with E-state index in [1.54, 1.807) is 48.1 Å². The summed E-state index contributed by atoms with van der Waals surface area (Å²) in [6.45, 7) is 1.95. The smallest absolute Gasteiger partial charge is 0.204 e. The molecule has 0 N–H and O–H groups in total. The Bertz CT molecular complexity index is 1610. The largest absolute Gasteiger partial charge is 0.493 e. The number of fused-ring (bicyclic) bond motifs is 1. The number of hydrogen-bond donors (Lipinski definition) is 0. The molecule has 0 bridgehead atoms. The molecule has 0 radical (unpaired) electrons. The molecule has 5 aromatic rings. The molecule has 3 aromatic carbocycles. The summed E-state index contributed by atoms with van der Waals surface area (Å²) in [5, 5.41) is 1.78. The van der Waals surface area contributed by atoms with Crippen LogP contribution in [-0.4, -0.2) is 40.5 Å². The molecule has 2 heterocycles. The third kappa shape index (κ3) is 4.26. The zero-order valence-electron chi connectivity index (χ0n) is 22.2. The number of rotatable bonds is 8. The van der Waals surface area contributed by atoms with E-state index in [-0.39, 0.29) is 0 Å². The van der Waals surface area contributed by atoms with Gasteiger partial charge in [-0.1, -0.05) is 18.2 Å². The lowest BCUT2D eigenvalue weighted by Crippen LogP contribution is -1.99. The molecule has 0 aliphatic heterocycles. The van der Waals surface area contributed by atoms with Crippen molar-refractivity contribution < 1.29 is 28.1 Å². The summed E-state index contributed by atoms with van der Waals surface area (Å²) in [4.78, 5) is 4.95. The minimum Gasteiger partial charge on any atom is -0.493 e. The van der Waals surface area contributed by atoms with E-state index in [1.807, 2.05) is 49.4 Å². The second-order valence-corrected chi connectivity index (χ2v) is 8.69. The van der Waals surface area contributed by atoms with Gasteiger partial charge in [-0.05, 0) is 59.8 Å². The van der Waals surface area contributed by atoms with E-state index in [0.29, 0.717) is 28.7 Å². The fraction of sp³-hybridized carbons (Fsp3) is 0.194. The molecule has 0 atom stereocenters. The summed E-state index contributed by atoms with van der Waals surface area (Å²) >= 11 is 0. The highest BCUT2D eigenvalue weighted by Gasteiger charge is 2.21. The Hall–Kier alpha value is -4.65. The van der Waals surface area contributed by atoms with Gasteiger partial charge >= 0.3 is 0 Å². The maximum absolute atomic E-state index is 5.81. The Kier molecular flexibility index (Phi) is 6.83. The summed E-state index contributed by atoms with van der Waals surface area (Å²) in [6, 6.07) is 18.1. The summed E-state index contributed by atoms with van der Waals surface area (Å²) < 4.78 is 33.7. The Morgan fingerprint density at radius 1 is 0.632 bits per heavy atom. The van der Waals surface area contributed by atoms with Gasteiger partial charge in [0.1, 0.15) is 0 Å². The van der Waals surface area contributed by atoms with E-state index in [4.69, 9.17) is 33.1 Å². The number of aromatic nitrogens is 1. The van der Waals surface area contributed by atoms with Crippen molar-refractivity contribution in [2.45, 2.75) is 6.92 Å². The van der Waals surface area contributed by atoms with Crippen LogP contribution in [0.4, 0.5) is 0 Å². The van der Waals surface area contributed by atoms with Crippen LogP contribution in [0.2, 0.25) is 0 Å². The Balaban J connectivity index is 1.73. The summed E-state index contributed by atoms with van der Waals surface area (Å²) in [7, 11) is 8.09. The number of pyridine rings is 1. The van der Waals surface area contributed by atoms with Crippen LogP contribution in [-0.2, 0) is 0 Å². The van der Waals surface area contributed by atoms with Crippen molar-refractivity contribution in [3.63, 3.8) is 0 Å². The van der Waals surface area contributed by atoms with Crippen LogP contribution < -0.4 is 23.7 Å². The molecule has 0 amide bonds. The van der Waals surface area contributed by atoms with Crippen molar-refractivity contribution in [3.05, 3.63) is 72.8 Å². The number of furan rings is 1. The predicted octanol–water partition coefficient (Wildman–Crippen LogP) is 7.18. The highest BCUT2D eigenvalue weighted by atomic mass is 16.5. The highest BCUT2D eigenvalue weighted by Crippen LogP contribution is 2.46. The van der Waals surface area contributed by atoms with Crippen LogP contribution >= 0.6 is 0 Å². The van der Waals surface area contributed by atoms with E-state index in [2.05, 4.69) is 12.1 Å². The fourth-order valence-electron chi connectivity index (χ4n) is 4.85. The van der Waals surface area contributed by atoms with Gasteiger partial charge in [0.15, 0.2) is 23.0 Å². The van der Waals surface area contributed by atoms with Crippen molar-refractivity contribution in [1.29, 1.82) is 0 Å². The number of aryl methyl sites for hydroxylation is 1. The van der Waals surface area contributed by atoms with E-state index >= 15 is 0 Å². The molecule has 194 valence electrons. The summed E-state index contributed by atoms with van der Waals surface area (Å²) in [5.41, 5.74) is 6.36. The number of nitrogens with zero attached hydrogens (tertiary/aromatic N) is 1. The first-order valence-electron chi connectivity index (χ1n) is 12.0. The average molecular weight is 512 g/mol. The first kappa shape index (κ1) is 25.0. The first-order chi connectivity index (χ1) is 18.5. The maximum atomic E-state index is 5.81. The van der Waals surface area contributed by atoms with Crippen molar-refractivity contribution in [2.24, 2.45) is 0 Å². The molecule has 5 rings (SSSR count). The van der Waals surface area contributed by atoms with E-state index in [0.717, 1.165) is 50.0 Å². The molecule has 0 aliphatic carbocycles. The quantitative estimate of drug-likeness (QED) is 0.218. The van der Waals surface area contributed by atoms with E-state index in [9.17, 15) is 0 Å². The van der Waals surface area contributed by atoms with E-state index in [1.165, 1.54) is 0 Å². The fourth-order valence-corrected chi connectivity index (χ4v) is 4.85. The van der Waals surface area contributed by atoms with Crippen molar-refractivity contribution >= 4 is 10.8 Å². The van der Waals surface area contributed by atoms with Gasteiger partial charge in [0.05, 0.1) is 53.8 Å². The number of hydrogen-bond acceptors (Lipinski definition) is 7. The molecule has 7 nitrogen and oxygen atoms in total. The molecule has 2 aromatic heterocycles. The molecule has 7 heteroatoms. The Labute approximate surface area is 221 Å². The second-order valence-electron chi connectivity index (χ2n) is 8.69. The second kappa shape index (κ2) is 10.4. The SMILES string of the molecule is COc1cc(-c2cc3cc(OC)c(OC)c(OC)c3c(C)n2)cc(-c2cccc(-c3ccoc3)c2)c1OC. The molecular formula is C31H29NO6. The van der Waals surface area contributed by atoms with Crippen LogP contribution in [0.3, 0.4) is 0 Å². The topological polar surface area (TPSA) is 72.2 Å². The van der Waals surface area contributed by atoms with Crippen LogP contribution in [0.1, 0.15) is 5.69 Å². The molecule has 0 spiro atoms. The molecule has 0 unspecified atom stereocenters. The van der Waals surface area contributed by atoms with Crippen molar-refractivity contribution in [3.8, 4) is 62.3 Å². The molecule has 0 aliphatic rings. The first-order valence-corrected chi connectivity index (χ1v) is 12.0. The molecular weight excluding hydrogens is 482 g/mol. The standard InChI is InChI=1S/C31H29NO6/c1-18-28-23(16-27(34-3)30(36-5)31(28)37-6)14-25(32-18)22-13-24(29(35-4)26(15-22)33-2)20-9-7-8-19(12-20)21-10-11-38-17-21/h7-17H,1-6H3. The normalized spacial score (nSPS) is 10.9. The average Bonchev–Trinajstić information content (AvgIpc) is 3.50. The summed E-state index contributed by atoms with van der Waals surface area (Å²) in [5.74, 6) is 2.95. The third-order valence-electron chi connectivity index (χ3n) is 6.61. The third-order valence-corrected chi connectivity index (χ3v) is 6.61. The summed E-state index contributed by atoms with van der Waals surface area (Å²) in [6.07, 6.45) is 3.40. The van der Waals surface area contributed by atoms with Crippen molar-refractivity contribution in [1.82, 2.24) is 4.98 Å². The molecule has 0 fully saturated rings. The van der Waals surface area contributed by atoms with Crippen LogP contribution in [0.25, 0.3) is 44.3 Å².